The molecule has 1 fully saturated rings. The molecule has 1 saturated heterocycles. The predicted molar refractivity (Wildman–Crippen MR) is 230 cm³/mol. The van der Waals surface area contributed by atoms with Gasteiger partial charge in [-0.05, 0) is 100 Å². The summed E-state index contributed by atoms with van der Waals surface area (Å²) < 4.78 is 18.2. The quantitative estimate of drug-likeness (QED) is 0.0968. The number of hydrogen-bond acceptors (Lipinski definition) is 7. The minimum atomic E-state index is -2.48. The number of carbonyl (C=O) groups excluding carboxylic acids is 3. The Morgan fingerprint density at radius 2 is 1.57 bits per heavy atom. The van der Waals surface area contributed by atoms with E-state index in [1.54, 1.807) is 7.11 Å². The molecule has 0 radical (unpaired) electrons. The molecule has 314 valence electrons. The predicted octanol–water partition coefficient (Wildman–Crippen LogP) is 8.17. The smallest absolute Gasteiger partial charge is 0.407 e. The summed E-state index contributed by atoms with van der Waals surface area (Å²) in [6.07, 6.45) is 2.42. The molecule has 56 heavy (non-hydrogen) atoms. The first-order valence-corrected chi connectivity index (χ1v) is 23.8. The fourth-order valence-corrected chi connectivity index (χ4v) is 8.37. The van der Waals surface area contributed by atoms with Crippen LogP contribution in [0.3, 0.4) is 0 Å². The van der Waals surface area contributed by atoms with Gasteiger partial charge in [-0.2, -0.15) is 0 Å². The van der Waals surface area contributed by atoms with E-state index in [4.69, 9.17) is 25.5 Å². The van der Waals surface area contributed by atoms with E-state index >= 15 is 0 Å². The van der Waals surface area contributed by atoms with E-state index in [0.29, 0.717) is 43.6 Å². The summed E-state index contributed by atoms with van der Waals surface area (Å²) in [6.45, 7) is 23.2. The van der Waals surface area contributed by atoms with Crippen LogP contribution in [0.2, 0.25) is 23.2 Å². The summed E-state index contributed by atoms with van der Waals surface area (Å²) >= 11 is 6.48. The number of amides is 3. The number of nitrogens with one attached hydrogen (secondary N) is 3. The van der Waals surface area contributed by atoms with Crippen LogP contribution in [0.4, 0.5) is 4.79 Å². The van der Waals surface area contributed by atoms with Crippen LogP contribution in [0.25, 0.3) is 0 Å². The molecule has 10 nitrogen and oxygen atoms in total. The van der Waals surface area contributed by atoms with E-state index in [2.05, 4.69) is 49.8 Å². The second kappa shape index (κ2) is 21.7. The van der Waals surface area contributed by atoms with E-state index in [0.717, 1.165) is 36.9 Å². The molecule has 0 spiro atoms. The zero-order chi connectivity index (χ0) is 41.7. The first-order valence-electron chi connectivity index (χ1n) is 20.5. The lowest BCUT2D eigenvalue weighted by molar-refractivity contribution is -0.140. The van der Waals surface area contributed by atoms with Gasteiger partial charge < -0.3 is 34.8 Å². The number of nitrogens with zero attached hydrogens (tertiary/aromatic N) is 1. The highest BCUT2D eigenvalue weighted by molar-refractivity contribution is 6.74. The first-order chi connectivity index (χ1) is 26.2. The molecule has 2 aromatic carbocycles. The number of likely N-dealkylation sites (tertiary alicyclic amines) is 1. The Hall–Kier alpha value is -2.96. The molecule has 1 aliphatic heterocycles. The van der Waals surface area contributed by atoms with Gasteiger partial charge in [0.25, 0.3) is 0 Å². The fourth-order valence-electron chi connectivity index (χ4n) is 6.78. The maximum Gasteiger partial charge on any atom is 0.407 e. The molecule has 3 unspecified atom stereocenters. The molecule has 1 heterocycles. The van der Waals surface area contributed by atoms with Crippen LogP contribution in [0, 0.1) is 11.8 Å². The minimum Gasteiger partial charge on any atom is -0.444 e. The van der Waals surface area contributed by atoms with Gasteiger partial charge in [-0.1, -0.05) is 95.1 Å². The number of methoxy groups -OCH3 is 1. The molecule has 0 bridgehead atoms. The SMILES string of the molecule is CC[C@H](C)[C@H](NC(=O)C(Cc1cccc(Cl)c1)CC(O[Si](C)(C)C(C)(C)C)C(Cc1ccccc1)NC(=O)OC(C)(C)C)C(=O)N1CCC(NCCOC)CC1. The summed E-state index contributed by atoms with van der Waals surface area (Å²) in [5.41, 5.74) is 1.21. The van der Waals surface area contributed by atoms with E-state index in [-0.39, 0.29) is 29.2 Å². The minimum absolute atomic E-state index is 0.0489. The molecule has 2 aromatic rings. The molecule has 0 saturated carbocycles. The van der Waals surface area contributed by atoms with Crippen molar-refractivity contribution in [2.45, 2.75) is 142 Å². The average Bonchev–Trinajstić information content (AvgIpc) is 3.12. The Balaban J connectivity index is 2.03. The molecular formula is C44H71ClN4O6Si. The molecule has 0 aliphatic carbocycles. The molecule has 3 rings (SSSR count). The van der Waals surface area contributed by atoms with Crippen LogP contribution >= 0.6 is 11.6 Å². The molecule has 3 amide bonds. The Bertz CT molecular complexity index is 1520. The van der Waals surface area contributed by atoms with Crippen LogP contribution in [-0.4, -0.2) is 94.3 Å². The van der Waals surface area contributed by atoms with Crippen molar-refractivity contribution in [3.05, 3.63) is 70.7 Å². The highest BCUT2D eigenvalue weighted by Crippen LogP contribution is 2.39. The van der Waals surface area contributed by atoms with Crippen molar-refractivity contribution in [2.75, 3.05) is 33.4 Å². The number of ether oxygens (including phenoxy) is 2. The Morgan fingerprint density at radius 3 is 2.14 bits per heavy atom. The van der Waals surface area contributed by atoms with Gasteiger partial charge in [-0.15, -0.1) is 0 Å². The number of alkyl carbamates (subject to hydrolysis) is 1. The van der Waals surface area contributed by atoms with Gasteiger partial charge in [0.15, 0.2) is 8.32 Å². The monoisotopic (exact) mass is 814 g/mol. The molecule has 1 aliphatic rings. The zero-order valence-electron chi connectivity index (χ0n) is 36.0. The summed E-state index contributed by atoms with van der Waals surface area (Å²) in [7, 11) is -0.787. The molecule has 12 heteroatoms. The fraction of sp³-hybridized carbons (Fsp3) is 0.659. The standard InChI is InChI=1S/C44H71ClN4O6Si/c1-12-31(2)39(41(51)49-24-21-36(22-25-49)46-23-26-53-9)48-40(50)34(27-33-19-16-20-35(45)28-33)30-38(55-56(10,11)44(6,7)8)37(29-32-17-14-13-15-18-32)47-42(52)54-43(3,4)5/h13-20,28,31,34,36-39,46H,12,21-27,29-30H2,1-11H3,(H,47,52)(H,48,50)/t31-,34?,37?,38?,39-/m0/s1. The summed E-state index contributed by atoms with van der Waals surface area (Å²) in [4.78, 5) is 44.5. The third-order valence-electron chi connectivity index (χ3n) is 11.3. The molecular weight excluding hydrogens is 744 g/mol. The number of hydrogen-bond donors (Lipinski definition) is 3. The lowest BCUT2D eigenvalue weighted by atomic mass is 9.87. The Morgan fingerprint density at radius 1 is 0.929 bits per heavy atom. The molecule has 0 aromatic heterocycles. The van der Waals surface area contributed by atoms with Crippen LogP contribution in [0.1, 0.15) is 92.2 Å². The second-order valence-electron chi connectivity index (χ2n) is 18.0. The van der Waals surface area contributed by atoms with E-state index in [9.17, 15) is 14.4 Å². The highest BCUT2D eigenvalue weighted by atomic mass is 35.5. The van der Waals surface area contributed by atoms with Gasteiger partial charge in [0, 0.05) is 43.7 Å². The van der Waals surface area contributed by atoms with Gasteiger partial charge in [-0.25, -0.2) is 4.79 Å². The van der Waals surface area contributed by atoms with Crippen molar-refractivity contribution in [1.82, 2.24) is 20.9 Å². The van der Waals surface area contributed by atoms with E-state index in [1.807, 2.05) is 94.1 Å². The largest absolute Gasteiger partial charge is 0.444 e. The number of benzene rings is 2. The van der Waals surface area contributed by atoms with Crippen LogP contribution < -0.4 is 16.0 Å². The van der Waals surface area contributed by atoms with Crippen molar-refractivity contribution in [3.8, 4) is 0 Å². The van der Waals surface area contributed by atoms with Crippen LogP contribution in [0.5, 0.6) is 0 Å². The van der Waals surface area contributed by atoms with Gasteiger partial charge in [0.05, 0.1) is 18.8 Å². The maximum absolute atomic E-state index is 14.8. The Kier molecular flexibility index (Phi) is 18.4. The second-order valence-corrected chi connectivity index (χ2v) is 23.2. The topological polar surface area (TPSA) is 118 Å². The van der Waals surface area contributed by atoms with Crippen molar-refractivity contribution in [1.29, 1.82) is 0 Å². The van der Waals surface area contributed by atoms with Crippen LogP contribution in [-0.2, 0) is 36.3 Å². The van der Waals surface area contributed by atoms with E-state index < -0.39 is 44.1 Å². The van der Waals surface area contributed by atoms with Gasteiger partial charge in [0.2, 0.25) is 11.8 Å². The number of carbonyl (C=O) groups is 3. The maximum atomic E-state index is 14.8. The highest BCUT2D eigenvalue weighted by Gasteiger charge is 2.43. The average molecular weight is 816 g/mol. The van der Waals surface area contributed by atoms with Gasteiger partial charge >= 0.3 is 6.09 Å². The van der Waals surface area contributed by atoms with E-state index in [1.165, 1.54) is 0 Å². The summed E-state index contributed by atoms with van der Waals surface area (Å²) in [5.74, 6) is -0.974. The number of halogens is 1. The zero-order valence-corrected chi connectivity index (χ0v) is 37.8. The summed E-state index contributed by atoms with van der Waals surface area (Å²) in [6, 6.07) is 16.7. The van der Waals surface area contributed by atoms with Crippen molar-refractivity contribution in [3.63, 3.8) is 0 Å². The third-order valence-corrected chi connectivity index (χ3v) is 16.0. The van der Waals surface area contributed by atoms with Crippen molar-refractivity contribution >= 4 is 37.8 Å². The summed E-state index contributed by atoms with van der Waals surface area (Å²) in [5, 5.41) is 10.4. The normalized spacial score (nSPS) is 17.0. The van der Waals surface area contributed by atoms with Crippen molar-refractivity contribution < 1.29 is 28.3 Å². The first kappa shape index (κ1) is 47.4. The molecule has 5 atom stereocenters. The Labute approximate surface area is 343 Å². The van der Waals surface area contributed by atoms with Crippen molar-refractivity contribution in [2.24, 2.45) is 11.8 Å². The number of piperidine rings is 1. The number of rotatable bonds is 19. The third kappa shape index (κ3) is 15.4. The lowest BCUT2D eigenvalue weighted by Gasteiger charge is -2.42. The van der Waals surface area contributed by atoms with Gasteiger partial charge in [-0.3, -0.25) is 9.59 Å². The van der Waals surface area contributed by atoms with Crippen LogP contribution in [0.15, 0.2) is 54.6 Å². The van der Waals surface area contributed by atoms with Gasteiger partial charge in [0.1, 0.15) is 11.6 Å². The molecule has 3 N–H and O–H groups in total. The lowest BCUT2D eigenvalue weighted by Crippen LogP contribution is -2.57.